The molecule has 2 aromatic heterocycles. The number of nitrogens with zero attached hydrogens (tertiary/aromatic N) is 4. The molecule has 2 saturated heterocycles. The first kappa shape index (κ1) is 38.8. The quantitative estimate of drug-likeness (QED) is 0.185. The van der Waals surface area contributed by atoms with Crippen molar-refractivity contribution in [3.8, 4) is 0 Å². The summed E-state index contributed by atoms with van der Waals surface area (Å²) in [5.41, 5.74) is 1.87. The van der Waals surface area contributed by atoms with Crippen molar-refractivity contribution < 1.29 is 33.4 Å². The summed E-state index contributed by atoms with van der Waals surface area (Å²) < 4.78 is 18.1. The Balaban J connectivity index is 1.45. The van der Waals surface area contributed by atoms with Crippen molar-refractivity contribution in [2.45, 2.75) is 84.3 Å². The molecule has 3 amide bonds. The Bertz CT molecular complexity index is 1790. The van der Waals surface area contributed by atoms with Crippen molar-refractivity contribution >= 4 is 60.1 Å². The van der Waals surface area contributed by atoms with Crippen molar-refractivity contribution in [1.29, 1.82) is 0 Å². The van der Waals surface area contributed by atoms with Crippen molar-refractivity contribution in [1.82, 2.24) is 15.3 Å². The largest absolute Gasteiger partial charge is 0.465 e. The van der Waals surface area contributed by atoms with Crippen LogP contribution in [0.2, 0.25) is 18.1 Å². The number of piperidine rings is 1. The van der Waals surface area contributed by atoms with E-state index in [9.17, 15) is 19.5 Å². The number of nitrogens with one attached hydrogen (secondary N) is 3. The molecular formula is C37H53N7O7Si. The SMILES string of the molecule is C[C@H]1CN(c2ccncc2NC(=O)c2nc3cc(N4CCOCC4)ccc3cc2NC(=O)O)C[C@@H](NC(=O)OC(C)(C)C)[C@@H]1O[Si](C)(C)C(C)(C)C. The number of carbonyl (C=O) groups excluding carboxylic acids is 2. The van der Waals surface area contributed by atoms with Crippen LogP contribution in [0, 0.1) is 5.92 Å². The Morgan fingerprint density at radius 2 is 1.67 bits per heavy atom. The van der Waals surface area contributed by atoms with E-state index in [2.05, 4.69) is 76.5 Å². The van der Waals surface area contributed by atoms with Crippen LogP contribution in [0.5, 0.6) is 0 Å². The van der Waals surface area contributed by atoms with Crippen molar-refractivity contribution in [3.05, 3.63) is 48.4 Å². The maximum absolute atomic E-state index is 14.0. The summed E-state index contributed by atoms with van der Waals surface area (Å²) in [6, 6.07) is 8.70. The van der Waals surface area contributed by atoms with Gasteiger partial charge < -0.3 is 39.4 Å². The van der Waals surface area contributed by atoms with Crippen LogP contribution < -0.4 is 25.8 Å². The van der Waals surface area contributed by atoms with Crippen LogP contribution >= 0.6 is 0 Å². The maximum atomic E-state index is 14.0. The minimum absolute atomic E-state index is 0.0197. The molecule has 52 heavy (non-hydrogen) atoms. The highest BCUT2D eigenvalue weighted by Gasteiger charge is 2.45. The Morgan fingerprint density at radius 1 is 0.962 bits per heavy atom. The number of ether oxygens (including phenoxy) is 2. The molecule has 3 aromatic rings. The number of pyridine rings is 2. The molecule has 0 bridgehead atoms. The number of aromatic nitrogens is 2. The van der Waals surface area contributed by atoms with Crippen LogP contribution in [0.1, 0.15) is 59.0 Å². The van der Waals surface area contributed by atoms with Gasteiger partial charge in [0, 0.05) is 49.4 Å². The van der Waals surface area contributed by atoms with E-state index in [1.807, 2.05) is 39.0 Å². The molecule has 4 N–H and O–H groups in total. The first-order valence-electron chi connectivity index (χ1n) is 17.8. The van der Waals surface area contributed by atoms with Gasteiger partial charge in [-0.15, -0.1) is 0 Å². The monoisotopic (exact) mass is 735 g/mol. The van der Waals surface area contributed by atoms with Gasteiger partial charge in [-0.05, 0) is 63.2 Å². The number of hydrogen-bond acceptors (Lipinski definition) is 10. The minimum atomic E-state index is -2.24. The average Bonchev–Trinajstić information content (AvgIpc) is 3.04. The molecule has 3 atom stereocenters. The minimum Gasteiger partial charge on any atom is -0.465 e. The predicted molar refractivity (Wildman–Crippen MR) is 205 cm³/mol. The number of carboxylic acid groups (broad SMARTS) is 1. The normalized spacial score (nSPS) is 20.0. The lowest BCUT2D eigenvalue weighted by molar-refractivity contribution is 0.0336. The number of hydrogen-bond donors (Lipinski definition) is 4. The number of anilines is 4. The molecular weight excluding hydrogens is 683 g/mol. The van der Waals surface area contributed by atoms with Gasteiger partial charge in [-0.3, -0.25) is 15.1 Å². The number of amides is 3. The first-order chi connectivity index (χ1) is 24.3. The van der Waals surface area contributed by atoms with Gasteiger partial charge in [0.2, 0.25) is 0 Å². The van der Waals surface area contributed by atoms with Gasteiger partial charge in [-0.1, -0.05) is 33.8 Å². The van der Waals surface area contributed by atoms with Crippen molar-refractivity contribution in [2.24, 2.45) is 5.92 Å². The zero-order valence-corrected chi connectivity index (χ0v) is 32.7. The maximum Gasteiger partial charge on any atom is 0.409 e. The number of carbonyl (C=O) groups is 3. The van der Waals surface area contributed by atoms with Crippen LogP contribution in [0.15, 0.2) is 42.7 Å². The van der Waals surface area contributed by atoms with Crippen LogP contribution in [0.25, 0.3) is 10.9 Å². The zero-order chi connectivity index (χ0) is 38.0. The molecule has 282 valence electrons. The van der Waals surface area contributed by atoms with E-state index in [-0.39, 0.29) is 28.4 Å². The van der Waals surface area contributed by atoms with Gasteiger partial charge in [0.25, 0.3) is 5.91 Å². The predicted octanol–water partition coefficient (Wildman–Crippen LogP) is 6.55. The molecule has 0 saturated carbocycles. The van der Waals surface area contributed by atoms with Gasteiger partial charge in [0.1, 0.15) is 5.60 Å². The summed E-state index contributed by atoms with van der Waals surface area (Å²) in [5.74, 6) is -0.627. The number of morpholine rings is 1. The third-order valence-electron chi connectivity index (χ3n) is 9.84. The van der Waals surface area contributed by atoms with Crippen LogP contribution in [0.3, 0.4) is 0 Å². The van der Waals surface area contributed by atoms with E-state index in [0.29, 0.717) is 48.6 Å². The van der Waals surface area contributed by atoms with E-state index in [1.165, 1.54) is 0 Å². The summed E-state index contributed by atoms with van der Waals surface area (Å²) in [4.78, 5) is 52.2. The number of fused-ring (bicyclic) bond motifs is 1. The van der Waals surface area contributed by atoms with E-state index in [0.717, 1.165) is 18.8 Å². The standard InChI is InChI=1S/C37H53N7O7Si/c1-23-21-44(22-29(42-35(48)50-36(2,3)4)32(23)51-52(8,9)37(5,6)7)30-12-13-38-20-28(30)40-33(45)31-27(41-34(46)47)18-24-10-11-25(19-26(24)39-31)43-14-16-49-17-15-43/h10-13,18-20,23,29,32,41H,14-17,21-22H2,1-9H3,(H,40,45)(H,42,48)(H,46,47)/t23-,29+,32+/m0/s1. The van der Waals surface area contributed by atoms with Crippen molar-refractivity contribution in [3.63, 3.8) is 0 Å². The fraction of sp³-hybridized carbons (Fsp3) is 0.541. The Morgan fingerprint density at radius 3 is 2.33 bits per heavy atom. The number of alkyl carbamates (subject to hydrolysis) is 1. The molecule has 1 aromatic carbocycles. The summed E-state index contributed by atoms with van der Waals surface area (Å²) in [5, 5.41) is 18.6. The summed E-state index contributed by atoms with van der Waals surface area (Å²) in [6.07, 6.45) is 1.06. The highest BCUT2D eigenvalue weighted by atomic mass is 28.4. The molecule has 0 unspecified atom stereocenters. The molecule has 0 radical (unpaired) electrons. The Hall–Kier alpha value is -4.47. The molecule has 5 rings (SSSR count). The highest BCUT2D eigenvalue weighted by Crippen LogP contribution is 2.40. The zero-order valence-electron chi connectivity index (χ0n) is 31.7. The molecule has 2 aliphatic rings. The summed E-state index contributed by atoms with van der Waals surface area (Å²) in [6.45, 7) is 22.2. The molecule has 0 spiro atoms. The third kappa shape index (κ3) is 9.30. The second-order valence-electron chi connectivity index (χ2n) is 16.1. The molecule has 2 aliphatic heterocycles. The van der Waals surface area contributed by atoms with Crippen LogP contribution in [-0.2, 0) is 13.9 Å². The second kappa shape index (κ2) is 15.2. The first-order valence-corrected chi connectivity index (χ1v) is 20.7. The fourth-order valence-corrected chi connectivity index (χ4v) is 7.69. The van der Waals surface area contributed by atoms with Gasteiger partial charge in [-0.25, -0.2) is 14.6 Å². The highest BCUT2D eigenvalue weighted by molar-refractivity contribution is 6.74. The summed E-state index contributed by atoms with van der Waals surface area (Å²) >= 11 is 0. The van der Waals surface area contributed by atoms with E-state index < -0.39 is 38.1 Å². The van der Waals surface area contributed by atoms with Crippen LogP contribution in [0.4, 0.5) is 32.3 Å². The lowest BCUT2D eigenvalue weighted by Crippen LogP contribution is -2.63. The topological polar surface area (TPSA) is 167 Å². The van der Waals surface area contributed by atoms with Gasteiger partial charge in [0.15, 0.2) is 14.0 Å². The van der Waals surface area contributed by atoms with Gasteiger partial charge in [-0.2, -0.15) is 0 Å². The van der Waals surface area contributed by atoms with Crippen LogP contribution in [-0.4, -0.2) is 98.6 Å². The lowest BCUT2D eigenvalue weighted by Gasteiger charge is -2.48. The molecule has 14 nitrogen and oxygen atoms in total. The average molecular weight is 736 g/mol. The Labute approximate surface area is 306 Å². The lowest BCUT2D eigenvalue weighted by atomic mass is 9.92. The summed E-state index contributed by atoms with van der Waals surface area (Å²) in [7, 11) is -2.24. The third-order valence-corrected chi connectivity index (χ3v) is 14.3. The number of benzene rings is 1. The molecule has 15 heteroatoms. The fourth-order valence-electron chi connectivity index (χ4n) is 6.26. The molecule has 0 aliphatic carbocycles. The number of rotatable bonds is 8. The van der Waals surface area contributed by atoms with E-state index in [4.69, 9.17) is 13.9 Å². The van der Waals surface area contributed by atoms with Gasteiger partial charge >= 0.3 is 12.2 Å². The molecule has 4 heterocycles. The smallest absolute Gasteiger partial charge is 0.409 e. The van der Waals surface area contributed by atoms with E-state index in [1.54, 1.807) is 24.5 Å². The molecule has 2 fully saturated rings. The van der Waals surface area contributed by atoms with Crippen molar-refractivity contribution in [2.75, 3.05) is 59.8 Å². The van der Waals surface area contributed by atoms with Gasteiger partial charge in [0.05, 0.1) is 54.1 Å². The second-order valence-corrected chi connectivity index (χ2v) is 20.9. The van der Waals surface area contributed by atoms with E-state index >= 15 is 0 Å². The Kier molecular flexibility index (Phi) is 11.4.